The van der Waals surface area contributed by atoms with Crippen LogP contribution in [0.2, 0.25) is 0 Å². The van der Waals surface area contributed by atoms with Crippen LogP contribution in [-0.2, 0) is 9.53 Å². The van der Waals surface area contributed by atoms with Crippen LogP contribution in [0.25, 0.3) is 5.69 Å². The van der Waals surface area contributed by atoms with E-state index in [1.54, 1.807) is 43.2 Å². The molecule has 0 saturated heterocycles. The second-order valence-corrected chi connectivity index (χ2v) is 3.98. The van der Waals surface area contributed by atoms with Gasteiger partial charge < -0.3 is 4.74 Å². The third kappa shape index (κ3) is 2.66. The molecule has 104 valence electrons. The van der Waals surface area contributed by atoms with Crippen molar-refractivity contribution in [2.24, 2.45) is 0 Å². The van der Waals surface area contributed by atoms with Crippen molar-refractivity contribution in [2.75, 3.05) is 11.4 Å². The number of aromatic nitrogens is 3. The lowest BCUT2D eigenvalue weighted by atomic mass is 10.3. The molecule has 0 aliphatic heterocycles. The van der Waals surface area contributed by atoms with E-state index in [-0.39, 0.29) is 6.47 Å². The minimum atomic E-state index is -0.726. The summed E-state index contributed by atoms with van der Waals surface area (Å²) < 4.78 is 6.00. The Morgan fingerprint density at radius 3 is 2.95 bits per heavy atom. The highest BCUT2D eigenvalue weighted by Crippen LogP contribution is 2.21. The summed E-state index contributed by atoms with van der Waals surface area (Å²) in [5, 5.41) is 4.33. The van der Waals surface area contributed by atoms with E-state index in [0.717, 1.165) is 5.69 Å². The number of rotatable bonds is 4. The topological polar surface area (TPSA) is 77.3 Å². The third-order valence-electron chi connectivity index (χ3n) is 2.76. The van der Waals surface area contributed by atoms with E-state index in [9.17, 15) is 9.59 Å². The molecule has 0 N–H and O–H groups in total. The predicted molar refractivity (Wildman–Crippen MR) is 71.7 cm³/mol. The second-order valence-electron chi connectivity index (χ2n) is 3.98. The zero-order valence-electron chi connectivity index (χ0n) is 11.2. The summed E-state index contributed by atoms with van der Waals surface area (Å²) >= 11 is 0. The lowest BCUT2D eigenvalue weighted by molar-refractivity contribution is -0.123. The van der Waals surface area contributed by atoms with Gasteiger partial charge in [-0.3, -0.25) is 14.7 Å². The van der Waals surface area contributed by atoms with E-state index in [2.05, 4.69) is 14.8 Å². The fraction of sp³-hybridized carbons (Fsp3) is 0.231. The van der Waals surface area contributed by atoms with Crippen molar-refractivity contribution in [3.05, 3.63) is 36.4 Å². The molecular formula is C13H14N4O3. The largest absolute Gasteiger partial charge is 0.421 e. The lowest BCUT2D eigenvalue weighted by Crippen LogP contribution is -2.31. The molecule has 0 aliphatic carbocycles. The molecule has 0 unspecified atom stereocenters. The Hall–Kier alpha value is -2.70. The van der Waals surface area contributed by atoms with Gasteiger partial charge in [-0.05, 0) is 26.0 Å². The molecule has 0 bridgehead atoms. The number of pyridine rings is 1. The Bertz CT molecular complexity index is 609. The number of ether oxygens (including phenoxy) is 1. The van der Waals surface area contributed by atoms with Crippen molar-refractivity contribution in [1.82, 2.24) is 14.8 Å². The zero-order valence-corrected chi connectivity index (χ0v) is 11.2. The van der Waals surface area contributed by atoms with Crippen molar-refractivity contribution in [2.45, 2.75) is 13.8 Å². The molecule has 0 aromatic carbocycles. The summed E-state index contributed by atoms with van der Waals surface area (Å²) in [4.78, 5) is 27.3. The number of carbonyl (C=O) groups is 2. The standard InChI is InChI=1S/C13H14N4O3/c1-3-16(13(19)20-9-18)12-8-17(15-10(12)2)11-5-4-6-14-7-11/h4-9H,3H2,1-2H3. The van der Waals surface area contributed by atoms with Crippen LogP contribution in [0.5, 0.6) is 0 Å². The monoisotopic (exact) mass is 274 g/mol. The normalized spacial score (nSPS) is 10.1. The highest BCUT2D eigenvalue weighted by atomic mass is 16.6. The molecule has 0 saturated carbocycles. The average molecular weight is 274 g/mol. The molecule has 0 spiro atoms. The van der Waals surface area contributed by atoms with Crippen LogP contribution in [0, 0.1) is 6.92 Å². The highest BCUT2D eigenvalue weighted by molar-refractivity contribution is 5.91. The summed E-state index contributed by atoms with van der Waals surface area (Å²) in [6, 6.07) is 3.65. The van der Waals surface area contributed by atoms with Gasteiger partial charge in [0, 0.05) is 12.7 Å². The van der Waals surface area contributed by atoms with Gasteiger partial charge in [-0.1, -0.05) is 0 Å². The van der Waals surface area contributed by atoms with Crippen LogP contribution in [0.15, 0.2) is 30.7 Å². The van der Waals surface area contributed by atoms with Gasteiger partial charge >= 0.3 is 12.6 Å². The van der Waals surface area contributed by atoms with Crippen LogP contribution in [-0.4, -0.2) is 33.9 Å². The van der Waals surface area contributed by atoms with E-state index >= 15 is 0 Å². The molecule has 0 atom stereocenters. The fourth-order valence-electron chi connectivity index (χ4n) is 1.84. The molecule has 20 heavy (non-hydrogen) atoms. The molecule has 1 amide bonds. The predicted octanol–water partition coefficient (Wildman–Crippen LogP) is 1.70. The van der Waals surface area contributed by atoms with Crippen molar-refractivity contribution < 1.29 is 14.3 Å². The molecule has 2 rings (SSSR count). The fourth-order valence-corrected chi connectivity index (χ4v) is 1.84. The zero-order chi connectivity index (χ0) is 14.5. The number of aryl methyl sites for hydroxylation is 1. The van der Waals surface area contributed by atoms with Gasteiger partial charge in [0.05, 0.1) is 29.5 Å². The molecular weight excluding hydrogens is 260 g/mol. The first-order chi connectivity index (χ1) is 9.67. The highest BCUT2D eigenvalue weighted by Gasteiger charge is 2.20. The number of anilines is 1. The Kier molecular flexibility index (Phi) is 4.09. The minimum absolute atomic E-state index is 0.117. The number of nitrogens with zero attached hydrogens (tertiary/aromatic N) is 4. The first-order valence-corrected chi connectivity index (χ1v) is 6.05. The maximum atomic E-state index is 11.7. The smallest absolute Gasteiger partial charge is 0.378 e. The Morgan fingerprint density at radius 1 is 1.55 bits per heavy atom. The van der Waals surface area contributed by atoms with Crippen LogP contribution >= 0.6 is 0 Å². The summed E-state index contributed by atoms with van der Waals surface area (Å²) in [6.45, 7) is 4.05. The van der Waals surface area contributed by atoms with E-state index in [4.69, 9.17) is 0 Å². The SMILES string of the molecule is CCN(C(=O)OC=O)c1cn(-c2cccnc2)nc1C. The van der Waals surface area contributed by atoms with Crippen LogP contribution in [0.3, 0.4) is 0 Å². The van der Waals surface area contributed by atoms with Crippen molar-refractivity contribution >= 4 is 18.3 Å². The van der Waals surface area contributed by atoms with Crippen LogP contribution in [0.4, 0.5) is 10.5 Å². The second kappa shape index (κ2) is 5.96. The van der Waals surface area contributed by atoms with Crippen LogP contribution in [0.1, 0.15) is 12.6 Å². The summed E-state index contributed by atoms with van der Waals surface area (Å²) in [7, 11) is 0. The molecule has 2 aromatic rings. The van der Waals surface area contributed by atoms with E-state index < -0.39 is 6.09 Å². The number of hydrogen-bond donors (Lipinski definition) is 0. The lowest BCUT2D eigenvalue weighted by Gasteiger charge is -2.17. The Morgan fingerprint density at radius 2 is 2.35 bits per heavy atom. The van der Waals surface area contributed by atoms with Crippen molar-refractivity contribution in [3.8, 4) is 5.69 Å². The van der Waals surface area contributed by atoms with E-state index in [1.165, 1.54) is 4.90 Å². The number of amides is 1. The first kappa shape index (κ1) is 13.7. The Balaban J connectivity index is 2.35. The summed E-state index contributed by atoms with van der Waals surface area (Å²) in [5.41, 5.74) is 2.02. The minimum Gasteiger partial charge on any atom is -0.378 e. The Labute approximate surface area is 115 Å². The maximum Gasteiger partial charge on any atom is 0.421 e. The van der Waals surface area contributed by atoms with E-state index in [1.807, 2.05) is 6.07 Å². The number of hydrogen-bond acceptors (Lipinski definition) is 5. The summed E-state index contributed by atoms with van der Waals surface area (Å²) in [5.74, 6) is 0. The quantitative estimate of drug-likeness (QED) is 0.626. The van der Waals surface area contributed by atoms with Crippen molar-refractivity contribution in [1.29, 1.82) is 0 Å². The molecule has 2 aromatic heterocycles. The molecule has 0 fully saturated rings. The molecule has 7 heteroatoms. The van der Waals surface area contributed by atoms with Gasteiger partial charge in [0.15, 0.2) is 0 Å². The van der Waals surface area contributed by atoms with Crippen LogP contribution < -0.4 is 4.90 Å². The van der Waals surface area contributed by atoms with Gasteiger partial charge in [0.1, 0.15) is 0 Å². The molecule has 7 nitrogen and oxygen atoms in total. The first-order valence-electron chi connectivity index (χ1n) is 6.05. The summed E-state index contributed by atoms with van der Waals surface area (Å²) in [6.07, 6.45) is 4.30. The van der Waals surface area contributed by atoms with Gasteiger partial charge in [-0.2, -0.15) is 5.10 Å². The van der Waals surface area contributed by atoms with Gasteiger partial charge in [0.2, 0.25) is 0 Å². The molecule has 0 aliphatic rings. The van der Waals surface area contributed by atoms with E-state index in [0.29, 0.717) is 17.9 Å². The van der Waals surface area contributed by atoms with Gasteiger partial charge in [0.25, 0.3) is 0 Å². The van der Waals surface area contributed by atoms with Gasteiger partial charge in [-0.25, -0.2) is 9.48 Å². The van der Waals surface area contributed by atoms with Crippen molar-refractivity contribution in [3.63, 3.8) is 0 Å². The maximum absolute atomic E-state index is 11.7. The average Bonchev–Trinajstić information content (AvgIpc) is 2.83. The number of carbonyl (C=O) groups excluding carboxylic acids is 2. The molecule has 0 radical (unpaired) electrons. The van der Waals surface area contributed by atoms with Gasteiger partial charge in [-0.15, -0.1) is 0 Å². The third-order valence-corrected chi connectivity index (χ3v) is 2.76. The molecule has 2 heterocycles.